The molecule has 5 heteroatoms. The van der Waals surface area contributed by atoms with E-state index in [0.717, 1.165) is 16.5 Å². The zero-order valence-corrected chi connectivity index (χ0v) is 12.6. The number of para-hydroxylation sites is 1. The fraction of sp³-hybridized carbons (Fsp3) is 0.235. The van der Waals surface area contributed by atoms with E-state index in [0.29, 0.717) is 6.54 Å². The molecule has 0 radical (unpaired) electrons. The first-order valence-electron chi connectivity index (χ1n) is 7.20. The minimum Gasteiger partial charge on any atom is -0.351 e. The van der Waals surface area contributed by atoms with Gasteiger partial charge < -0.3 is 9.42 Å². The van der Waals surface area contributed by atoms with E-state index >= 15 is 0 Å². The van der Waals surface area contributed by atoms with Crippen LogP contribution in [0.15, 0.2) is 53.3 Å². The van der Waals surface area contributed by atoms with Gasteiger partial charge in [0.25, 0.3) is 5.91 Å². The largest absolute Gasteiger partial charge is 0.351 e. The van der Waals surface area contributed by atoms with Crippen LogP contribution in [0.2, 0.25) is 0 Å². The molecule has 1 amide bonds. The average molecular weight is 295 g/mol. The van der Waals surface area contributed by atoms with Crippen LogP contribution in [0.1, 0.15) is 30.0 Å². The van der Waals surface area contributed by atoms with Gasteiger partial charge in [0.1, 0.15) is 0 Å². The summed E-state index contributed by atoms with van der Waals surface area (Å²) in [4.78, 5) is 18.7. The fourth-order valence-corrected chi connectivity index (χ4v) is 2.36. The first-order valence-corrected chi connectivity index (χ1v) is 7.20. The summed E-state index contributed by atoms with van der Waals surface area (Å²) in [5, 5.41) is 4.66. The third-order valence-electron chi connectivity index (χ3n) is 3.53. The molecule has 5 nitrogen and oxygen atoms in total. The zero-order chi connectivity index (χ0) is 15.5. The number of hydrogen-bond acceptors (Lipinski definition) is 4. The minimum absolute atomic E-state index is 0.0454. The Labute approximate surface area is 128 Å². The maximum Gasteiger partial charge on any atom is 0.292 e. The van der Waals surface area contributed by atoms with Gasteiger partial charge in [0.15, 0.2) is 0 Å². The zero-order valence-electron chi connectivity index (χ0n) is 12.6. The Kier molecular flexibility index (Phi) is 3.87. The first kappa shape index (κ1) is 14.3. The third kappa shape index (κ3) is 2.83. The molecule has 0 saturated heterocycles. The number of hydrogen-bond donors (Lipinski definition) is 0. The lowest BCUT2D eigenvalue weighted by Crippen LogP contribution is -2.36. The van der Waals surface area contributed by atoms with E-state index < -0.39 is 0 Å². The molecule has 0 aliphatic heterocycles. The molecule has 0 saturated carbocycles. The van der Waals surface area contributed by atoms with E-state index in [9.17, 15) is 4.79 Å². The molecular weight excluding hydrogens is 278 g/mol. The molecule has 0 aliphatic carbocycles. The standard InChI is InChI=1S/C17H17N3O2/c1-12(2)20(17(21)16-7-8-19-22-16)11-13-9-14-5-3-4-6-15(14)18-10-13/h3-10,12H,11H2,1-2H3. The number of aromatic nitrogens is 2. The van der Waals surface area contributed by atoms with Crippen molar-refractivity contribution in [3.63, 3.8) is 0 Å². The molecule has 3 rings (SSSR count). The van der Waals surface area contributed by atoms with E-state index in [2.05, 4.69) is 16.2 Å². The van der Waals surface area contributed by atoms with Gasteiger partial charge in [-0.15, -0.1) is 0 Å². The van der Waals surface area contributed by atoms with Crippen LogP contribution in [-0.2, 0) is 6.54 Å². The predicted octanol–water partition coefficient (Wildman–Crippen LogP) is 3.27. The molecule has 3 aromatic rings. The monoisotopic (exact) mass is 295 g/mol. The van der Waals surface area contributed by atoms with Crippen molar-refractivity contribution in [2.24, 2.45) is 0 Å². The van der Waals surface area contributed by atoms with Crippen LogP contribution in [0.25, 0.3) is 10.9 Å². The molecule has 0 fully saturated rings. The van der Waals surface area contributed by atoms with Crippen LogP contribution in [0.4, 0.5) is 0 Å². The smallest absolute Gasteiger partial charge is 0.292 e. The molecule has 0 spiro atoms. The number of carbonyl (C=O) groups is 1. The Balaban J connectivity index is 1.87. The quantitative estimate of drug-likeness (QED) is 0.741. The highest BCUT2D eigenvalue weighted by atomic mass is 16.5. The second-order valence-corrected chi connectivity index (χ2v) is 5.44. The van der Waals surface area contributed by atoms with Crippen molar-refractivity contribution in [3.8, 4) is 0 Å². The normalized spacial score (nSPS) is 11.0. The summed E-state index contributed by atoms with van der Waals surface area (Å²) in [6, 6.07) is 11.6. The summed E-state index contributed by atoms with van der Waals surface area (Å²) < 4.78 is 4.98. The number of benzene rings is 1. The summed E-state index contributed by atoms with van der Waals surface area (Å²) in [5.74, 6) is 0.0862. The van der Waals surface area contributed by atoms with Crippen LogP contribution in [0.5, 0.6) is 0 Å². The third-order valence-corrected chi connectivity index (χ3v) is 3.53. The van der Waals surface area contributed by atoms with Gasteiger partial charge in [0.05, 0.1) is 11.7 Å². The van der Waals surface area contributed by atoms with Crippen LogP contribution in [-0.4, -0.2) is 27.0 Å². The lowest BCUT2D eigenvalue weighted by molar-refractivity contribution is 0.0647. The van der Waals surface area contributed by atoms with Gasteiger partial charge in [-0.2, -0.15) is 0 Å². The number of fused-ring (bicyclic) bond motifs is 1. The summed E-state index contributed by atoms with van der Waals surface area (Å²) in [6.07, 6.45) is 3.29. The van der Waals surface area contributed by atoms with Crippen LogP contribution in [0.3, 0.4) is 0 Å². The van der Waals surface area contributed by atoms with Gasteiger partial charge in [-0.3, -0.25) is 9.78 Å². The fourth-order valence-electron chi connectivity index (χ4n) is 2.36. The molecule has 0 bridgehead atoms. The van der Waals surface area contributed by atoms with Gasteiger partial charge in [-0.05, 0) is 31.5 Å². The Morgan fingerprint density at radius 1 is 1.27 bits per heavy atom. The van der Waals surface area contributed by atoms with E-state index in [1.807, 2.05) is 44.3 Å². The highest BCUT2D eigenvalue weighted by molar-refractivity contribution is 5.91. The Morgan fingerprint density at radius 3 is 2.82 bits per heavy atom. The average Bonchev–Trinajstić information content (AvgIpc) is 3.06. The van der Waals surface area contributed by atoms with Crippen molar-refractivity contribution in [3.05, 3.63) is 60.1 Å². The summed E-state index contributed by atoms with van der Waals surface area (Å²) in [5.41, 5.74) is 1.93. The maximum absolute atomic E-state index is 12.5. The van der Waals surface area contributed by atoms with E-state index in [1.54, 1.807) is 11.0 Å². The second-order valence-electron chi connectivity index (χ2n) is 5.44. The van der Waals surface area contributed by atoms with Crippen molar-refractivity contribution < 1.29 is 9.32 Å². The predicted molar refractivity (Wildman–Crippen MR) is 83.3 cm³/mol. The molecule has 0 N–H and O–H groups in total. The molecule has 1 aromatic carbocycles. The van der Waals surface area contributed by atoms with Gasteiger partial charge in [0.2, 0.25) is 5.76 Å². The van der Waals surface area contributed by atoms with Crippen molar-refractivity contribution in [1.29, 1.82) is 0 Å². The van der Waals surface area contributed by atoms with Crippen LogP contribution < -0.4 is 0 Å². The Morgan fingerprint density at radius 2 is 2.09 bits per heavy atom. The van der Waals surface area contributed by atoms with E-state index in [-0.39, 0.29) is 17.7 Å². The van der Waals surface area contributed by atoms with E-state index in [1.165, 1.54) is 6.20 Å². The number of pyridine rings is 1. The highest BCUT2D eigenvalue weighted by Crippen LogP contribution is 2.17. The maximum atomic E-state index is 12.5. The SMILES string of the molecule is CC(C)N(Cc1cnc2ccccc2c1)C(=O)c1ccno1. The molecule has 0 aliphatic rings. The van der Waals surface area contributed by atoms with Crippen LogP contribution >= 0.6 is 0 Å². The first-order chi connectivity index (χ1) is 10.6. The van der Waals surface area contributed by atoms with Crippen LogP contribution in [0, 0.1) is 0 Å². The minimum atomic E-state index is -0.166. The van der Waals surface area contributed by atoms with E-state index in [4.69, 9.17) is 4.52 Å². The lowest BCUT2D eigenvalue weighted by atomic mass is 10.1. The number of amides is 1. The van der Waals surface area contributed by atoms with Crippen molar-refractivity contribution >= 4 is 16.8 Å². The summed E-state index contributed by atoms with van der Waals surface area (Å²) >= 11 is 0. The number of rotatable bonds is 4. The van der Waals surface area contributed by atoms with Gasteiger partial charge >= 0.3 is 0 Å². The molecule has 112 valence electrons. The molecule has 22 heavy (non-hydrogen) atoms. The Bertz CT molecular complexity index is 781. The Hall–Kier alpha value is -2.69. The number of carbonyl (C=O) groups excluding carboxylic acids is 1. The summed E-state index contributed by atoms with van der Waals surface area (Å²) in [7, 11) is 0. The lowest BCUT2D eigenvalue weighted by Gasteiger charge is -2.25. The molecule has 0 atom stereocenters. The molecule has 2 aromatic heterocycles. The second kappa shape index (κ2) is 5.97. The van der Waals surface area contributed by atoms with Gasteiger partial charge in [-0.25, -0.2) is 0 Å². The number of nitrogens with zero attached hydrogens (tertiary/aromatic N) is 3. The molecule has 2 heterocycles. The topological polar surface area (TPSA) is 59.2 Å². The highest BCUT2D eigenvalue weighted by Gasteiger charge is 2.22. The van der Waals surface area contributed by atoms with Crippen molar-refractivity contribution in [2.45, 2.75) is 26.4 Å². The van der Waals surface area contributed by atoms with Gasteiger partial charge in [0, 0.05) is 30.2 Å². The van der Waals surface area contributed by atoms with Gasteiger partial charge in [-0.1, -0.05) is 23.4 Å². The summed E-state index contributed by atoms with van der Waals surface area (Å²) in [6.45, 7) is 4.43. The molecular formula is C17H17N3O2. The molecule has 0 unspecified atom stereocenters. The van der Waals surface area contributed by atoms with Crippen molar-refractivity contribution in [2.75, 3.05) is 0 Å². The van der Waals surface area contributed by atoms with Crippen molar-refractivity contribution in [1.82, 2.24) is 15.0 Å².